The van der Waals surface area contributed by atoms with E-state index in [9.17, 15) is 68.4 Å². The summed E-state index contributed by atoms with van der Waals surface area (Å²) in [5.74, 6) is -19.6. The number of hydrogen-bond acceptors (Lipinski definition) is 24. The lowest BCUT2D eigenvalue weighted by Gasteiger charge is -2.36. The Morgan fingerprint density at radius 2 is 1.02 bits per heavy atom. The Morgan fingerprint density at radius 1 is 0.507 bits per heavy atom. The molecule has 0 aliphatic carbocycles. The smallest absolute Gasteiger partial charge is 0.305 e. The van der Waals surface area contributed by atoms with Gasteiger partial charge in [-0.2, -0.15) is 0 Å². The number of carboxylic acids is 2. The number of H-pyrrole nitrogens is 3. The largest absolute Gasteiger partial charge is 0.508 e. The molecule has 23 N–H and O–H groups in total. The maximum absolute atomic E-state index is 15.9. The summed E-state index contributed by atoms with van der Waals surface area (Å²) in [4.78, 5) is 282. The first-order valence-electron chi connectivity index (χ1n) is 46.6. The quantitative estimate of drug-likeness (QED) is 0.0228. The zero-order valence-electron chi connectivity index (χ0n) is 78.4. The lowest BCUT2D eigenvalue weighted by molar-refractivity contribution is -0.149. The Morgan fingerprint density at radius 3 is 1.62 bits per heavy atom. The van der Waals surface area contributed by atoms with Crippen LogP contribution < -0.4 is 70.4 Å². The van der Waals surface area contributed by atoms with Crippen LogP contribution in [0.15, 0.2) is 97.7 Å². The highest BCUT2D eigenvalue weighted by molar-refractivity contribution is 8.00. The summed E-state index contributed by atoms with van der Waals surface area (Å²) in [5.41, 5.74) is 20.5. The van der Waals surface area contributed by atoms with Crippen LogP contribution in [-0.4, -0.2) is 327 Å². The third-order valence-electron chi connectivity index (χ3n) is 25.0. The van der Waals surface area contributed by atoms with Gasteiger partial charge in [0, 0.05) is 125 Å². The molecular formula is C93H130N22O22S. The summed E-state index contributed by atoms with van der Waals surface area (Å²) in [6.45, 7) is 3.75. The van der Waals surface area contributed by atoms with Crippen molar-refractivity contribution in [2.45, 2.75) is 253 Å². The maximum atomic E-state index is 15.9. The Balaban J connectivity index is 1.12. The van der Waals surface area contributed by atoms with E-state index in [-0.39, 0.29) is 109 Å². The summed E-state index contributed by atoms with van der Waals surface area (Å²) >= 11 is 0.703. The van der Waals surface area contributed by atoms with Crippen molar-refractivity contribution in [3.05, 3.63) is 120 Å². The van der Waals surface area contributed by atoms with Crippen LogP contribution in [0.25, 0.3) is 21.8 Å². The number of thioether (sulfide) groups is 1. The van der Waals surface area contributed by atoms with E-state index in [1.165, 1.54) is 64.9 Å². The summed E-state index contributed by atoms with van der Waals surface area (Å²) in [5, 5.41) is 69.9. The van der Waals surface area contributed by atoms with Gasteiger partial charge in [-0.15, -0.1) is 11.8 Å². The second-order valence-corrected chi connectivity index (χ2v) is 36.1. The van der Waals surface area contributed by atoms with E-state index in [1.807, 2.05) is 6.92 Å². The molecule has 0 spiro atoms. The molecule has 0 saturated carbocycles. The molecule has 16 amide bonds. The molecule has 0 radical (unpaired) electrons. The van der Waals surface area contributed by atoms with E-state index in [4.69, 9.17) is 17.2 Å². The topological polar surface area (TPSA) is 663 Å². The molecule has 750 valence electrons. The summed E-state index contributed by atoms with van der Waals surface area (Å²) < 4.78 is 0. The van der Waals surface area contributed by atoms with Gasteiger partial charge in [-0.25, -0.2) is 4.98 Å². The number of phenolic OH excluding ortho intramolecular Hbond substituents is 1. The third-order valence-corrected chi connectivity index (χ3v) is 26.0. The van der Waals surface area contributed by atoms with Gasteiger partial charge in [0.2, 0.25) is 94.5 Å². The Labute approximate surface area is 801 Å². The number of aliphatic carboxylic acids is 2. The number of benzene rings is 3. The minimum absolute atomic E-state index is 0.0213. The second kappa shape index (κ2) is 52.7. The van der Waals surface area contributed by atoms with E-state index < -0.39 is 247 Å². The number of fused-ring (bicyclic) bond motifs is 4. The first-order chi connectivity index (χ1) is 65.9. The highest BCUT2D eigenvalue weighted by atomic mass is 32.2. The van der Waals surface area contributed by atoms with E-state index >= 15 is 38.4 Å². The Bertz CT molecular complexity index is 5270. The molecule has 9 rings (SSSR count). The summed E-state index contributed by atoms with van der Waals surface area (Å²) in [7, 11) is 3.84. The van der Waals surface area contributed by atoms with Gasteiger partial charge < -0.3 is 130 Å². The van der Waals surface area contributed by atoms with E-state index in [0.717, 1.165) is 24.5 Å². The number of likely N-dealkylation sites (N-methyl/N-ethyl adjacent to an activating group) is 3. The average molecular weight is 1940 g/mol. The Hall–Kier alpha value is -13.6. The van der Waals surface area contributed by atoms with Gasteiger partial charge in [0.15, 0.2) is 0 Å². The van der Waals surface area contributed by atoms with Crippen molar-refractivity contribution in [2.75, 3.05) is 65.4 Å². The van der Waals surface area contributed by atoms with Crippen LogP contribution in [0.5, 0.6) is 5.75 Å². The van der Waals surface area contributed by atoms with Crippen LogP contribution >= 0.6 is 11.8 Å². The first-order valence-corrected chi connectivity index (χ1v) is 47.7. The number of rotatable bonds is 30. The number of para-hydroxylation sites is 2. The van der Waals surface area contributed by atoms with Crippen molar-refractivity contribution in [3.8, 4) is 5.75 Å². The normalized spacial score (nSPS) is 24.5. The molecule has 45 heteroatoms. The fourth-order valence-electron chi connectivity index (χ4n) is 17.1. The number of aromatic amines is 3. The van der Waals surface area contributed by atoms with Crippen molar-refractivity contribution in [1.82, 2.24) is 97.6 Å². The number of nitrogens with zero attached hydrogens (tertiary/aromatic N) is 6. The number of aliphatic hydroxyl groups excluding tert-OH is 1. The van der Waals surface area contributed by atoms with Gasteiger partial charge >= 0.3 is 11.9 Å². The molecule has 3 aliphatic heterocycles. The average Bonchev–Trinajstić information content (AvgIpc) is 1.43. The zero-order chi connectivity index (χ0) is 101. The monoisotopic (exact) mass is 1940 g/mol. The van der Waals surface area contributed by atoms with Crippen LogP contribution in [0.3, 0.4) is 0 Å². The molecule has 3 saturated heterocycles. The lowest BCUT2D eigenvalue weighted by atomic mass is 9.99. The number of aromatic hydroxyl groups is 1. The van der Waals surface area contributed by atoms with Crippen molar-refractivity contribution in [1.29, 1.82) is 0 Å². The predicted molar refractivity (Wildman–Crippen MR) is 505 cm³/mol. The van der Waals surface area contributed by atoms with Crippen molar-refractivity contribution in [2.24, 2.45) is 17.2 Å². The van der Waals surface area contributed by atoms with Gasteiger partial charge in [0.1, 0.15) is 90.3 Å². The minimum atomic E-state index is -1.92. The van der Waals surface area contributed by atoms with Gasteiger partial charge in [-0.05, 0) is 132 Å². The number of nitrogens with two attached hydrogens (primary N) is 3. The van der Waals surface area contributed by atoms with E-state index in [2.05, 4.69) is 73.1 Å². The van der Waals surface area contributed by atoms with E-state index in [0.29, 0.717) is 88.1 Å². The van der Waals surface area contributed by atoms with Crippen LogP contribution in [0.4, 0.5) is 0 Å². The SMILES string of the molecule is CCCC[C@H]1C(=O)N(C)[C@@H](CCCC)C(=O)N[C@@H](CCC(=O)O)C(=O)N[C@H](C(=O)NCC(N)=O)CSCC(=O)N[C@@H](Cc2ccc(O)cc2)C(=O)N(C)[C@@H](C)C(=O)N[C@@H](CC(=O)O)C(=O)N2CCC[C@H]2C(=O)N[C@@H](Cc2cnc[nH]2)C(=O)N[C@@H](CCCCN)C(=O)N2C[C@H](O)C[C@H]2C(=O)N[C@@H](Cc2c[nH]c3ccccc23)C(=O)N[C@@H](CCCCN)C(=O)N[C@@H](Cc2c[nH]c3ccccc23)C(=O)N1C. The standard InChI is InChI=1S/C93H130N22O22S/c1-7-9-26-72-86(130)104-64(33-34-78(120)121)83(127)110-71(81(125)100-47-76(96)118)49-138-50-77(119)102-68(38-53-29-31-57(116)32-30-53)89(133)111(4)52(3)80(124)108-70(43-79(122)123)92(136)114-37-19-28-73(114)87(131)107-67(41-56-46-97-51-101-56)85(129)105-65(25-16-18-36-95)91(135)115-48-58(117)42-75(115)88(132)106-66(39-54-44-98-61-22-13-11-20-59(54)61)84(128)103-63(24-15-17-35-94)82(126)109-69(40-55-45-99-62-23-14-12-21-60(55)62)90(134)113(6)74(27-10-8-2)93(137)112(72)5/h11-14,20-23,29-32,44-46,51-52,58,63-75,98-99,116-117H,7-10,15-19,24-28,33-43,47-50,94-95H2,1-6H3,(H2,96,118)(H,97,101)(H,100,125)(H,102,119)(H,103,128)(H,104,130)(H,105,129)(H,106,132)(H,107,131)(H,108,124)(H,109,126)(H,110,127)(H,120,121)(H,122,123)/t52-,58+,63-,64-,65-,66-,67-,68-,69-,70-,71-,72-,73-,74-,75-/m0/s1. The fourth-order valence-corrected chi connectivity index (χ4v) is 18.0. The van der Waals surface area contributed by atoms with E-state index in [1.54, 1.807) is 67.8 Å². The maximum Gasteiger partial charge on any atom is 0.305 e. The first kappa shape index (κ1) is 108. The van der Waals surface area contributed by atoms with Crippen molar-refractivity contribution in [3.63, 3.8) is 0 Å². The molecule has 0 unspecified atom stereocenters. The molecule has 15 atom stereocenters. The highest BCUT2D eigenvalue weighted by Crippen LogP contribution is 2.28. The molecule has 6 aromatic rings. The number of aliphatic hydroxyl groups is 1. The Kier molecular flexibility index (Phi) is 41.3. The number of amides is 16. The van der Waals surface area contributed by atoms with Gasteiger partial charge in [-0.1, -0.05) is 88.1 Å². The minimum Gasteiger partial charge on any atom is -0.508 e. The van der Waals surface area contributed by atoms with Crippen molar-refractivity contribution < 1.29 is 107 Å². The molecule has 3 aliphatic rings. The molecule has 3 aromatic heterocycles. The van der Waals surface area contributed by atoms with Crippen LogP contribution in [-0.2, 0) is 112 Å². The molecule has 6 heterocycles. The number of carbonyl (C=O) groups is 18. The number of aromatic nitrogens is 4. The third kappa shape index (κ3) is 30.5. The number of imidazole rings is 1. The molecule has 3 aromatic carbocycles. The molecule has 44 nitrogen and oxygen atoms in total. The summed E-state index contributed by atoms with van der Waals surface area (Å²) in [6, 6.07) is -2.48. The highest BCUT2D eigenvalue weighted by Gasteiger charge is 2.47. The zero-order valence-corrected chi connectivity index (χ0v) is 79.2. The second-order valence-electron chi connectivity index (χ2n) is 35.1. The number of nitrogens with one attached hydrogen (secondary N) is 13. The van der Waals surface area contributed by atoms with Crippen LogP contribution in [0.2, 0.25) is 0 Å². The number of unbranched alkanes of at least 4 members (excludes halogenated alkanes) is 4. The number of hydrogen-bond donors (Lipinski definition) is 20. The van der Waals surface area contributed by atoms with Gasteiger partial charge in [0.25, 0.3) is 0 Å². The van der Waals surface area contributed by atoms with Crippen LogP contribution in [0, 0.1) is 0 Å². The fraction of sp³-hybridized carbons (Fsp3) is 0.538. The van der Waals surface area contributed by atoms with Gasteiger partial charge in [-0.3, -0.25) is 86.3 Å². The van der Waals surface area contributed by atoms with Crippen LogP contribution in [0.1, 0.15) is 159 Å². The lowest BCUT2D eigenvalue weighted by Crippen LogP contribution is -2.61. The molecular weight excluding hydrogens is 1810 g/mol. The molecule has 3 fully saturated rings. The number of primary amides is 1. The summed E-state index contributed by atoms with van der Waals surface area (Å²) in [6.07, 6.45) is 2.98. The number of phenols is 1. The van der Waals surface area contributed by atoms with Crippen molar-refractivity contribution >= 4 is 140 Å². The predicted octanol–water partition coefficient (Wildman–Crippen LogP) is -1.51. The van der Waals surface area contributed by atoms with Gasteiger partial charge in [0.05, 0.1) is 31.1 Å². The number of carboxylic acid groups (broad SMARTS) is 2. The number of carbonyl (C=O) groups excluding carboxylic acids is 16. The molecule has 0 bridgehead atoms. The molecule has 138 heavy (non-hydrogen) atoms.